The van der Waals surface area contributed by atoms with Gasteiger partial charge in [0.05, 0.1) is 6.21 Å². The number of ether oxygens (including phenoxy) is 1. The van der Waals surface area contributed by atoms with Gasteiger partial charge in [0.1, 0.15) is 24.6 Å². The summed E-state index contributed by atoms with van der Waals surface area (Å²) in [4.78, 5) is 23.8. The number of hydrogen-bond acceptors (Lipinski definition) is 4. The van der Waals surface area contributed by atoms with Crippen molar-refractivity contribution in [2.75, 3.05) is 5.32 Å². The van der Waals surface area contributed by atoms with E-state index in [2.05, 4.69) is 15.8 Å². The third-order valence-electron chi connectivity index (χ3n) is 4.26. The predicted octanol–water partition coefficient (Wildman–Crippen LogP) is 4.19. The predicted molar refractivity (Wildman–Crippen MR) is 117 cm³/mol. The molecule has 2 N–H and O–H groups in total. The molecule has 0 unspecified atom stereocenters. The van der Waals surface area contributed by atoms with Gasteiger partial charge in [-0.15, -0.1) is 0 Å². The number of nitrogens with zero attached hydrogens (tertiary/aromatic N) is 1. The molecule has 3 aromatic rings. The molecule has 0 saturated carbocycles. The number of carbonyl (C=O) groups excluding carboxylic acids is 2. The van der Waals surface area contributed by atoms with Crippen LogP contribution in [-0.4, -0.2) is 18.0 Å². The second kappa shape index (κ2) is 10.7. The Kier molecular flexibility index (Phi) is 7.48. The highest BCUT2D eigenvalue weighted by molar-refractivity contribution is 6.03. The molecule has 0 saturated heterocycles. The first-order valence-corrected chi connectivity index (χ1v) is 9.64. The molecule has 6 nitrogen and oxygen atoms in total. The van der Waals surface area contributed by atoms with Crippen LogP contribution < -0.4 is 15.5 Å². The monoisotopic (exact) mass is 419 g/mol. The van der Waals surface area contributed by atoms with Gasteiger partial charge in [-0.2, -0.15) is 5.10 Å². The topological polar surface area (TPSA) is 79.8 Å². The molecule has 0 aliphatic carbocycles. The number of rotatable bonds is 8. The van der Waals surface area contributed by atoms with Gasteiger partial charge in [0.15, 0.2) is 0 Å². The highest BCUT2D eigenvalue weighted by Crippen LogP contribution is 2.14. The zero-order chi connectivity index (χ0) is 22.1. The maximum atomic E-state index is 12.9. The number of hydrogen-bond donors (Lipinski definition) is 2. The largest absolute Gasteiger partial charge is 0.489 e. The van der Waals surface area contributed by atoms with Crippen molar-refractivity contribution >= 4 is 23.7 Å². The summed E-state index contributed by atoms with van der Waals surface area (Å²) in [7, 11) is 0. The summed E-state index contributed by atoms with van der Waals surface area (Å²) < 4.78 is 18.6. The zero-order valence-electron chi connectivity index (χ0n) is 17.0. The van der Waals surface area contributed by atoms with Crippen molar-refractivity contribution < 1.29 is 18.7 Å². The molecule has 0 fully saturated rings. The van der Waals surface area contributed by atoms with E-state index < -0.39 is 11.8 Å². The third kappa shape index (κ3) is 7.40. The van der Waals surface area contributed by atoms with Crippen molar-refractivity contribution in [1.82, 2.24) is 5.43 Å². The smallest absolute Gasteiger partial charge is 0.249 e. The van der Waals surface area contributed by atoms with Gasteiger partial charge in [-0.25, -0.2) is 9.82 Å². The number of anilines is 1. The number of carbonyl (C=O) groups is 2. The fourth-order valence-electron chi connectivity index (χ4n) is 2.60. The second-order valence-electron chi connectivity index (χ2n) is 6.87. The fourth-order valence-corrected chi connectivity index (χ4v) is 2.60. The van der Waals surface area contributed by atoms with Gasteiger partial charge in [-0.1, -0.05) is 29.8 Å². The van der Waals surface area contributed by atoms with E-state index in [1.165, 1.54) is 18.3 Å². The van der Waals surface area contributed by atoms with Crippen molar-refractivity contribution in [3.63, 3.8) is 0 Å². The molecule has 0 aromatic heterocycles. The van der Waals surface area contributed by atoms with Crippen LogP contribution >= 0.6 is 0 Å². The van der Waals surface area contributed by atoms with Crippen LogP contribution in [-0.2, 0) is 16.2 Å². The lowest BCUT2D eigenvalue weighted by molar-refractivity contribution is -0.126. The van der Waals surface area contributed by atoms with Crippen LogP contribution in [0.3, 0.4) is 0 Å². The summed E-state index contributed by atoms with van der Waals surface area (Å²) in [6, 6.07) is 20.5. The Bertz CT molecular complexity index is 1050. The normalized spacial score (nSPS) is 10.6. The van der Waals surface area contributed by atoms with Crippen LogP contribution in [0, 0.1) is 12.7 Å². The Hall–Kier alpha value is -4.00. The molecule has 0 aliphatic rings. The number of benzene rings is 3. The highest BCUT2D eigenvalue weighted by Gasteiger charge is 2.08. The molecular formula is C24H22FN3O3. The van der Waals surface area contributed by atoms with Crippen molar-refractivity contribution in [3.8, 4) is 5.75 Å². The van der Waals surface area contributed by atoms with Gasteiger partial charge in [0.25, 0.3) is 0 Å². The van der Waals surface area contributed by atoms with Crippen LogP contribution in [0.25, 0.3) is 0 Å². The van der Waals surface area contributed by atoms with Gasteiger partial charge in [0.2, 0.25) is 11.8 Å². The summed E-state index contributed by atoms with van der Waals surface area (Å²) >= 11 is 0. The summed E-state index contributed by atoms with van der Waals surface area (Å²) in [6.07, 6.45) is 1.14. The van der Waals surface area contributed by atoms with E-state index in [0.717, 1.165) is 16.7 Å². The lowest BCUT2D eigenvalue weighted by atomic mass is 10.2. The van der Waals surface area contributed by atoms with Gasteiger partial charge in [0, 0.05) is 5.69 Å². The quantitative estimate of drug-likeness (QED) is 0.326. The Morgan fingerprint density at radius 3 is 2.29 bits per heavy atom. The SMILES string of the molecule is Cc1ccc(NC(=O)CC(=O)NN=Cc2ccc(OCc3ccc(F)cc3)cc2)cc1. The molecule has 3 aromatic carbocycles. The maximum Gasteiger partial charge on any atom is 0.249 e. The van der Waals surface area contributed by atoms with E-state index in [1.807, 2.05) is 19.1 Å². The standard InChI is InChI=1S/C24H22FN3O3/c1-17-2-10-21(11-3-17)27-23(29)14-24(30)28-26-15-18-6-12-22(13-7-18)31-16-19-4-8-20(25)9-5-19/h2-13,15H,14,16H2,1H3,(H,27,29)(H,28,30). The van der Waals surface area contributed by atoms with Crippen molar-refractivity contribution in [2.45, 2.75) is 20.0 Å². The molecule has 31 heavy (non-hydrogen) atoms. The molecule has 0 spiro atoms. The summed E-state index contributed by atoms with van der Waals surface area (Å²) in [5.41, 5.74) is 5.66. The van der Waals surface area contributed by atoms with Crippen LogP contribution in [0.4, 0.5) is 10.1 Å². The van der Waals surface area contributed by atoms with Crippen molar-refractivity contribution in [1.29, 1.82) is 0 Å². The summed E-state index contributed by atoms with van der Waals surface area (Å²) in [6.45, 7) is 2.28. The second-order valence-corrected chi connectivity index (χ2v) is 6.87. The molecule has 0 heterocycles. The number of hydrazone groups is 1. The average Bonchev–Trinajstić information content (AvgIpc) is 2.76. The van der Waals surface area contributed by atoms with E-state index >= 15 is 0 Å². The average molecular weight is 419 g/mol. The molecule has 0 aliphatic heterocycles. The molecule has 3 rings (SSSR count). The Morgan fingerprint density at radius 2 is 1.61 bits per heavy atom. The Labute approximate surface area is 179 Å². The van der Waals surface area contributed by atoms with Crippen LogP contribution in [0.5, 0.6) is 5.75 Å². The molecule has 0 radical (unpaired) electrons. The number of amides is 2. The summed E-state index contributed by atoms with van der Waals surface area (Å²) in [5, 5.41) is 6.52. The highest BCUT2D eigenvalue weighted by atomic mass is 19.1. The van der Waals surface area contributed by atoms with Gasteiger partial charge in [-0.3, -0.25) is 9.59 Å². The lowest BCUT2D eigenvalue weighted by Gasteiger charge is -2.06. The van der Waals surface area contributed by atoms with Crippen molar-refractivity contribution in [2.24, 2.45) is 5.10 Å². The first-order valence-electron chi connectivity index (χ1n) is 9.64. The Balaban J connectivity index is 1.41. The fraction of sp³-hybridized carbons (Fsp3) is 0.125. The molecule has 7 heteroatoms. The minimum absolute atomic E-state index is 0.286. The van der Waals surface area contributed by atoms with E-state index in [1.54, 1.807) is 48.5 Å². The maximum absolute atomic E-state index is 12.9. The van der Waals surface area contributed by atoms with E-state index in [9.17, 15) is 14.0 Å². The Morgan fingerprint density at radius 1 is 0.935 bits per heavy atom. The molecule has 2 amide bonds. The van der Waals surface area contributed by atoms with Gasteiger partial charge in [-0.05, 0) is 66.6 Å². The molecule has 0 bridgehead atoms. The number of halogens is 1. The minimum Gasteiger partial charge on any atom is -0.489 e. The van der Waals surface area contributed by atoms with Crippen LogP contribution in [0.2, 0.25) is 0 Å². The van der Waals surface area contributed by atoms with Crippen LogP contribution in [0.1, 0.15) is 23.1 Å². The zero-order valence-corrected chi connectivity index (χ0v) is 17.0. The first kappa shape index (κ1) is 21.7. The molecular weight excluding hydrogens is 397 g/mol. The number of aryl methyl sites for hydroxylation is 1. The van der Waals surface area contributed by atoms with E-state index in [-0.39, 0.29) is 12.2 Å². The molecule has 158 valence electrons. The minimum atomic E-state index is -0.514. The third-order valence-corrected chi connectivity index (χ3v) is 4.26. The van der Waals surface area contributed by atoms with E-state index in [0.29, 0.717) is 18.0 Å². The van der Waals surface area contributed by atoms with Gasteiger partial charge >= 0.3 is 0 Å². The van der Waals surface area contributed by atoms with Gasteiger partial charge < -0.3 is 10.1 Å². The van der Waals surface area contributed by atoms with Crippen LogP contribution in [0.15, 0.2) is 77.9 Å². The molecule has 0 atom stereocenters. The lowest BCUT2D eigenvalue weighted by Crippen LogP contribution is -2.24. The van der Waals surface area contributed by atoms with E-state index in [4.69, 9.17) is 4.74 Å². The van der Waals surface area contributed by atoms with Crippen molar-refractivity contribution in [3.05, 3.63) is 95.3 Å². The summed E-state index contributed by atoms with van der Waals surface area (Å²) in [5.74, 6) is -0.566. The number of nitrogens with one attached hydrogen (secondary N) is 2. The first-order chi connectivity index (χ1) is 15.0.